The maximum atomic E-state index is 12.3. The van der Waals surface area contributed by atoms with Gasteiger partial charge in [0.05, 0.1) is 12.1 Å². The summed E-state index contributed by atoms with van der Waals surface area (Å²) in [5.41, 5.74) is 2.89. The molecule has 4 nitrogen and oxygen atoms in total. The van der Waals surface area contributed by atoms with Crippen LogP contribution in [-0.4, -0.2) is 17.5 Å². The molecule has 0 bridgehead atoms. The first-order valence-corrected chi connectivity index (χ1v) is 12.1. The highest BCUT2D eigenvalue weighted by Gasteiger charge is 2.59. The monoisotopic (exact) mass is 413 g/mol. The summed E-state index contributed by atoms with van der Waals surface area (Å²) in [6.07, 6.45) is 11.7. The van der Waals surface area contributed by atoms with Gasteiger partial charge in [-0.2, -0.15) is 0 Å². The van der Waals surface area contributed by atoms with E-state index < -0.39 is 0 Å². The van der Waals surface area contributed by atoms with E-state index in [1.165, 1.54) is 31.3 Å². The van der Waals surface area contributed by atoms with Crippen molar-refractivity contribution in [2.75, 3.05) is 0 Å². The fourth-order valence-corrected chi connectivity index (χ4v) is 7.79. The number of carbonyl (C=O) groups is 2. The third-order valence-electron chi connectivity index (χ3n) is 9.31. The second-order valence-electron chi connectivity index (χ2n) is 11.4. The fraction of sp³-hybridized carbons (Fsp3) is 0.808. The summed E-state index contributed by atoms with van der Waals surface area (Å²) in [5, 5.41) is 4.21. The summed E-state index contributed by atoms with van der Waals surface area (Å²) >= 11 is 0. The lowest BCUT2D eigenvalue weighted by atomic mass is 9.46. The number of rotatable bonds is 4. The van der Waals surface area contributed by atoms with Crippen molar-refractivity contribution in [1.29, 1.82) is 0 Å². The van der Waals surface area contributed by atoms with E-state index in [4.69, 9.17) is 4.84 Å². The van der Waals surface area contributed by atoms with Crippen molar-refractivity contribution in [3.63, 3.8) is 0 Å². The summed E-state index contributed by atoms with van der Waals surface area (Å²) in [6, 6.07) is 0. The largest absolute Gasteiger partial charge is 0.335 e. The van der Waals surface area contributed by atoms with Crippen LogP contribution in [0.25, 0.3) is 0 Å². The second-order valence-corrected chi connectivity index (χ2v) is 11.4. The van der Waals surface area contributed by atoms with Crippen LogP contribution in [-0.2, 0) is 14.4 Å². The fourth-order valence-electron chi connectivity index (χ4n) is 7.79. The molecule has 0 saturated heterocycles. The van der Waals surface area contributed by atoms with Gasteiger partial charge in [-0.3, -0.25) is 4.79 Å². The predicted octanol–water partition coefficient (Wildman–Crippen LogP) is 6.10. The van der Waals surface area contributed by atoms with E-state index in [1.807, 2.05) is 20.8 Å². The Morgan fingerprint density at radius 1 is 1.10 bits per heavy atom. The Bertz CT molecular complexity index is 781. The first-order valence-electron chi connectivity index (χ1n) is 12.1. The molecule has 4 heteroatoms. The highest BCUT2D eigenvalue weighted by atomic mass is 16.7. The molecule has 30 heavy (non-hydrogen) atoms. The number of fused-ring (bicyclic) bond motifs is 5. The van der Waals surface area contributed by atoms with Crippen LogP contribution in [0.1, 0.15) is 92.4 Å². The minimum atomic E-state index is -0.235. The van der Waals surface area contributed by atoms with E-state index >= 15 is 0 Å². The van der Waals surface area contributed by atoms with Crippen molar-refractivity contribution >= 4 is 17.5 Å². The molecule has 3 saturated carbocycles. The Morgan fingerprint density at radius 2 is 1.87 bits per heavy atom. The number of carbonyl (C=O) groups excluding carboxylic acids is 2. The van der Waals surface area contributed by atoms with Crippen molar-refractivity contribution in [3.8, 4) is 0 Å². The van der Waals surface area contributed by atoms with Crippen LogP contribution in [0.4, 0.5) is 0 Å². The van der Waals surface area contributed by atoms with Gasteiger partial charge in [-0.05, 0) is 98.9 Å². The molecule has 166 valence electrons. The minimum Gasteiger partial charge on any atom is -0.318 e. The number of oxime groups is 1. The molecule has 3 fully saturated rings. The molecule has 6 atom stereocenters. The molecule has 4 rings (SSSR count). The molecule has 0 heterocycles. The summed E-state index contributed by atoms with van der Waals surface area (Å²) in [7, 11) is 0. The quantitative estimate of drug-likeness (QED) is 0.413. The van der Waals surface area contributed by atoms with Crippen molar-refractivity contribution in [3.05, 3.63) is 11.6 Å². The van der Waals surface area contributed by atoms with Crippen molar-refractivity contribution < 1.29 is 14.4 Å². The maximum Gasteiger partial charge on any atom is 0.335 e. The van der Waals surface area contributed by atoms with Gasteiger partial charge < -0.3 is 4.84 Å². The Kier molecular flexibility index (Phi) is 5.74. The number of allylic oxidation sites excluding steroid dienone is 2. The average Bonchev–Trinajstić information content (AvgIpc) is 3.03. The normalized spacial score (nSPS) is 41.7. The summed E-state index contributed by atoms with van der Waals surface area (Å²) in [6.45, 7) is 10.7. The summed E-state index contributed by atoms with van der Waals surface area (Å²) in [5.74, 6) is 2.90. The molecule has 4 aliphatic carbocycles. The van der Waals surface area contributed by atoms with Gasteiger partial charge in [-0.15, -0.1) is 0 Å². The van der Waals surface area contributed by atoms with E-state index in [2.05, 4.69) is 25.1 Å². The zero-order chi connectivity index (χ0) is 21.7. The first kappa shape index (κ1) is 21.8. The minimum absolute atomic E-state index is 0.219. The molecule has 2 unspecified atom stereocenters. The lowest BCUT2D eigenvalue weighted by Crippen LogP contribution is -2.51. The number of Topliss-reactive ketones (excluding diaryl/α,β-unsaturated/α-hetero) is 1. The number of hydrogen-bond donors (Lipinski definition) is 0. The molecule has 0 aromatic carbocycles. The van der Waals surface area contributed by atoms with E-state index in [9.17, 15) is 9.59 Å². The highest BCUT2D eigenvalue weighted by molar-refractivity contribution is 5.96. The molecular formula is C26H39NO3. The Labute approximate surface area is 181 Å². The van der Waals surface area contributed by atoms with Crippen LogP contribution in [0.5, 0.6) is 0 Å². The van der Waals surface area contributed by atoms with Gasteiger partial charge in [0.15, 0.2) is 0 Å². The smallest absolute Gasteiger partial charge is 0.318 e. The SMILES string of the molecule is CC(=O)[C@H]1CCC2[C@@H]3CCC4=C/C(=N/OC(=O)CC(C)C)CC[C@]4(C)C3CC[C@@]21C. The summed E-state index contributed by atoms with van der Waals surface area (Å²) in [4.78, 5) is 29.4. The zero-order valence-corrected chi connectivity index (χ0v) is 19.5. The van der Waals surface area contributed by atoms with Gasteiger partial charge in [0.1, 0.15) is 5.78 Å². The number of hydrogen-bond acceptors (Lipinski definition) is 4. The van der Waals surface area contributed by atoms with Crippen LogP contribution >= 0.6 is 0 Å². The van der Waals surface area contributed by atoms with Gasteiger partial charge in [0.2, 0.25) is 0 Å². The predicted molar refractivity (Wildman–Crippen MR) is 119 cm³/mol. The molecular weight excluding hydrogens is 374 g/mol. The van der Waals surface area contributed by atoms with Crippen LogP contribution in [0.2, 0.25) is 0 Å². The van der Waals surface area contributed by atoms with E-state index in [1.54, 1.807) is 0 Å². The van der Waals surface area contributed by atoms with Crippen molar-refractivity contribution in [1.82, 2.24) is 0 Å². The molecule has 0 radical (unpaired) electrons. The van der Waals surface area contributed by atoms with Crippen molar-refractivity contribution in [2.45, 2.75) is 92.4 Å². The lowest BCUT2D eigenvalue weighted by Gasteiger charge is -2.58. The third kappa shape index (κ3) is 3.58. The Balaban J connectivity index is 1.51. The van der Waals surface area contributed by atoms with E-state index in [0.717, 1.165) is 37.3 Å². The maximum absolute atomic E-state index is 12.3. The highest BCUT2D eigenvalue weighted by Crippen LogP contribution is 2.66. The average molecular weight is 414 g/mol. The Morgan fingerprint density at radius 3 is 2.57 bits per heavy atom. The topological polar surface area (TPSA) is 55.7 Å². The van der Waals surface area contributed by atoms with Gasteiger partial charge in [0, 0.05) is 5.92 Å². The molecule has 0 amide bonds. The standard InChI is InChI=1S/C26H39NO3/c1-16(2)14-24(29)30-27-19-10-12-25(4)18(15-19)6-7-20-22-9-8-21(17(3)28)26(22,5)13-11-23(20)25/h15-16,20-23H,6-14H2,1-5H3/b27-19+/t20-,21+,22?,23?,25-,26+/m0/s1. The van der Waals surface area contributed by atoms with Crippen LogP contribution < -0.4 is 0 Å². The van der Waals surface area contributed by atoms with Gasteiger partial charge >= 0.3 is 5.97 Å². The third-order valence-corrected chi connectivity index (χ3v) is 9.31. The second kappa shape index (κ2) is 7.91. The zero-order valence-electron chi connectivity index (χ0n) is 19.5. The van der Waals surface area contributed by atoms with E-state index in [0.29, 0.717) is 24.0 Å². The summed E-state index contributed by atoms with van der Waals surface area (Å²) < 4.78 is 0. The number of ketones is 1. The van der Waals surface area contributed by atoms with Gasteiger partial charge in [-0.1, -0.05) is 38.4 Å². The van der Waals surface area contributed by atoms with Crippen LogP contribution in [0.3, 0.4) is 0 Å². The first-order chi connectivity index (χ1) is 14.1. The Hall–Kier alpha value is -1.45. The van der Waals surface area contributed by atoms with Gasteiger partial charge in [-0.25, -0.2) is 4.79 Å². The molecule has 0 aromatic heterocycles. The van der Waals surface area contributed by atoms with Gasteiger partial charge in [0.25, 0.3) is 0 Å². The van der Waals surface area contributed by atoms with Crippen molar-refractivity contribution in [2.24, 2.45) is 45.6 Å². The lowest BCUT2D eigenvalue weighted by molar-refractivity contribution is -0.144. The molecule has 0 aliphatic heterocycles. The molecule has 0 N–H and O–H groups in total. The van der Waals surface area contributed by atoms with E-state index in [-0.39, 0.29) is 28.6 Å². The molecule has 0 aromatic rings. The molecule has 0 spiro atoms. The van der Waals surface area contributed by atoms with Crippen LogP contribution in [0.15, 0.2) is 16.8 Å². The van der Waals surface area contributed by atoms with Crippen LogP contribution in [0, 0.1) is 40.4 Å². The number of nitrogens with zero attached hydrogens (tertiary/aromatic N) is 1. The molecule has 4 aliphatic rings.